The Kier molecular flexibility index (Phi) is 4.44. The molecule has 0 radical (unpaired) electrons. The van der Waals surface area contributed by atoms with Crippen LogP contribution in [0.5, 0.6) is 0 Å². The van der Waals surface area contributed by atoms with Crippen molar-refractivity contribution in [3.8, 4) is 11.3 Å². The van der Waals surface area contributed by atoms with Crippen molar-refractivity contribution in [2.75, 3.05) is 0 Å². The van der Waals surface area contributed by atoms with Crippen molar-refractivity contribution >= 4 is 29.5 Å². The number of fused-ring (bicyclic) bond motifs is 1. The van der Waals surface area contributed by atoms with Gasteiger partial charge >= 0.3 is 0 Å². The molecule has 5 aromatic rings. The Balaban J connectivity index is 1.73. The standard InChI is InChI=1S/C24H18N3P/c1-4-11-19(12-5-1)24-22-17-10-18-23(27(22)26-25-24)28(20-13-6-2-7-14-20)21-15-8-3-9-16-21/h1-18H. The van der Waals surface area contributed by atoms with Gasteiger partial charge < -0.3 is 0 Å². The van der Waals surface area contributed by atoms with Gasteiger partial charge in [0.25, 0.3) is 0 Å². The zero-order chi connectivity index (χ0) is 18.8. The lowest BCUT2D eigenvalue weighted by molar-refractivity contribution is 0.876. The molecule has 134 valence electrons. The Morgan fingerprint density at radius 2 is 1.14 bits per heavy atom. The largest absolute Gasteiger partial charge is 0.212 e. The van der Waals surface area contributed by atoms with Gasteiger partial charge in [-0.1, -0.05) is 102 Å². The van der Waals surface area contributed by atoms with E-state index >= 15 is 0 Å². The van der Waals surface area contributed by atoms with Crippen LogP contribution in [0.3, 0.4) is 0 Å². The van der Waals surface area contributed by atoms with Crippen LogP contribution < -0.4 is 16.0 Å². The number of aromatic nitrogens is 3. The zero-order valence-electron chi connectivity index (χ0n) is 15.2. The summed E-state index contributed by atoms with van der Waals surface area (Å²) in [5, 5.41) is 11.7. The lowest BCUT2D eigenvalue weighted by Crippen LogP contribution is -2.25. The number of hydrogen-bond donors (Lipinski definition) is 0. The molecule has 0 atom stereocenters. The van der Waals surface area contributed by atoms with Crippen molar-refractivity contribution in [2.45, 2.75) is 0 Å². The SMILES string of the molecule is c1ccc(-c2nnn3c(P(c4ccccc4)c4ccccc4)cccc23)cc1. The van der Waals surface area contributed by atoms with E-state index in [0.717, 1.165) is 16.8 Å². The summed E-state index contributed by atoms with van der Waals surface area (Å²) in [5.41, 5.74) is 4.19. The molecule has 0 saturated carbocycles. The van der Waals surface area contributed by atoms with Gasteiger partial charge in [0.05, 0.1) is 11.0 Å². The first kappa shape index (κ1) is 16.9. The van der Waals surface area contributed by atoms with E-state index in [4.69, 9.17) is 0 Å². The summed E-state index contributed by atoms with van der Waals surface area (Å²) >= 11 is 0. The molecule has 3 nitrogen and oxygen atoms in total. The third-order valence-corrected chi connectivity index (χ3v) is 7.15. The Bertz CT molecular complexity index is 1160. The molecule has 0 spiro atoms. The summed E-state index contributed by atoms with van der Waals surface area (Å²) in [6.45, 7) is 0. The first-order valence-corrected chi connectivity index (χ1v) is 10.6. The molecule has 0 N–H and O–H groups in total. The summed E-state index contributed by atoms with van der Waals surface area (Å²) in [6, 6.07) is 37.9. The van der Waals surface area contributed by atoms with E-state index in [-0.39, 0.29) is 0 Å². The molecule has 0 unspecified atom stereocenters. The lowest BCUT2D eigenvalue weighted by atomic mass is 10.1. The van der Waals surface area contributed by atoms with Crippen LogP contribution in [0.4, 0.5) is 0 Å². The van der Waals surface area contributed by atoms with E-state index in [1.54, 1.807) is 0 Å². The quantitative estimate of drug-likeness (QED) is 0.439. The van der Waals surface area contributed by atoms with Gasteiger partial charge in [-0.2, -0.15) is 0 Å². The highest BCUT2D eigenvalue weighted by molar-refractivity contribution is 7.79. The molecule has 28 heavy (non-hydrogen) atoms. The fraction of sp³-hybridized carbons (Fsp3) is 0. The second kappa shape index (κ2) is 7.38. The monoisotopic (exact) mass is 379 g/mol. The molecule has 0 aliphatic heterocycles. The molecule has 0 saturated heterocycles. The van der Waals surface area contributed by atoms with Crippen LogP contribution in [0.2, 0.25) is 0 Å². The van der Waals surface area contributed by atoms with E-state index in [1.165, 1.54) is 16.0 Å². The molecule has 2 heterocycles. The van der Waals surface area contributed by atoms with Crippen LogP contribution in [0.1, 0.15) is 0 Å². The highest BCUT2D eigenvalue weighted by atomic mass is 31.1. The maximum absolute atomic E-state index is 4.55. The Hall–Kier alpha value is -3.29. The summed E-state index contributed by atoms with van der Waals surface area (Å²) in [5.74, 6) is 0. The molecular weight excluding hydrogens is 361 g/mol. The number of pyridine rings is 1. The molecule has 0 bridgehead atoms. The molecular formula is C24H18N3P. The van der Waals surface area contributed by atoms with Crippen molar-refractivity contribution < 1.29 is 0 Å². The van der Waals surface area contributed by atoms with E-state index in [1.807, 2.05) is 22.7 Å². The van der Waals surface area contributed by atoms with Crippen LogP contribution >= 0.6 is 7.92 Å². The fourth-order valence-electron chi connectivity index (χ4n) is 3.44. The Morgan fingerprint density at radius 1 is 0.571 bits per heavy atom. The van der Waals surface area contributed by atoms with Crippen molar-refractivity contribution in [3.05, 3.63) is 109 Å². The van der Waals surface area contributed by atoms with Crippen LogP contribution in [0.15, 0.2) is 109 Å². The van der Waals surface area contributed by atoms with Gasteiger partial charge in [-0.3, -0.25) is 0 Å². The molecule has 5 rings (SSSR count). The summed E-state index contributed by atoms with van der Waals surface area (Å²) < 4.78 is 2.01. The van der Waals surface area contributed by atoms with Gasteiger partial charge in [-0.15, -0.1) is 5.10 Å². The summed E-state index contributed by atoms with van der Waals surface area (Å²) in [7, 11) is -0.741. The summed E-state index contributed by atoms with van der Waals surface area (Å²) in [4.78, 5) is 0. The third kappa shape index (κ3) is 3.00. The lowest BCUT2D eigenvalue weighted by Gasteiger charge is -2.19. The predicted octanol–water partition coefficient (Wildman–Crippen LogP) is 4.15. The second-order valence-electron chi connectivity index (χ2n) is 6.49. The van der Waals surface area contributed by atoms with Crippen molar-refractivity contribution in [1.29, 1.82) is 0 Å². The minimum Gasteiger partial charge on any atom is -0.212 e. The van der Waals surface area contributed by atoms with Gasteiger partial charge in [-0.25, -0.2) is 4.52 Å². The smallest absolute Gasteiger partial charge is 0.120 e. The highest BCUT2D eigenvalue weighted by Gasteiger charge is 2.21. The first-order chi connectivity index (χ1) is 13.9. The average molecular weight is 379 g/mol. The molecule has 0 aliphatic carbocycles. The Morgan fingerprint density at radius 3 is 1.75 bits per heavy atom. The Labute approximate surface area is 165 Å². The predicted molar refractivity (Wildman–Crippen MR) is 117 cm³/mol. The minimum atomic E-state index is -0.741. The average Bonchev–Trinajstić information content (AvgIpc) is 3.21. The topological polar surface area (TPSA) is 30.2 Å². The number of hydrogen-bond acceptors (Lipinski definition) is 2. The van der Waals surface area contributed by atoms with Crippen molar-refractivity contribution in [3.63, 3.8) is 0 Å². The minimum absolute atomic E-state index is 0.741. The fourth-order valence-corrected chi connectivity index (χ4v) is 5.78. The number of benzene rings is 3. The van der Waals surface area contributed by atoms with E-state index in [9.17, 15) is 0 Å². The summed E-state index contributed by atoms with van der Waals surface area (Å²) in [6.07, 6.45) is 0. The van der Waals surface area contributed by atoms with Crippen LogP contribution in [0, 0.1) is 0 Å². The van der Waals surface area contributed by atoms with Crippen LogP contribution in [-0.4, -0.2) is 14.8 Å². The molecule has 4 heteroatoms. The normalized spacial score (nSPS) is 11.2. The molecule has 0 amide bonds. The maximum Gasteiger partial charge on any atom is 0.120 e. The molecule has 2 aromatic heterocycles. The zero-order valence-corrected chi connectivity index (χ0v) is 16.1. The highest BCUT2D eigenvalue weighted by Crippen LogP contribution is 2.33. The van der Waals surface area contributed by atoms with Crippen molar-refractivity contribution in [1.82, 2.24) is 14.8 Å². The molecule has 0 fully saturated rings. The third-order valence-electron chi connectivity index (χ3n) is 4.73. The van der Waals surface area contributed by atoms with Crippen molar-refractivity contribution in [2.24, 2.45) is 0 Å². The maximum atomic E-state index is 4.55. The van der Waals surface area contributed by atoms with Gasteiger partial charge in [0, 0.05) is 13.5 Å². The number of rotatable bonds is 4. The van der Waals surface area contributed by atoms with Gasteiger partial charge in [-0.05, 0) is 22.7 Å². The second-order valence-corrected chi connectivity index (χ2v) is 8.65. The van der Waals surface area contributed by atoms with E-state index in [0.29, 0.717) is 0 Å². The van der Waals surface area contributed by atoms with Gasteiger partial charge in [0.2, 0.25) is 0 Å². The van der Waals surface area contributed by atoms with Gasteiger partial charge in [0.1, 0.15) is 5.69 Å². The van der Waals surface area contributed by atoms with Crippen LogP contribution in [0.25, 0.3) is 16.8 Å². The first-order valence-electron chi connectivity index (χ1n) is 9.22. The van der Waals surface area contributed by atoms with Crippen LogP contribution in [-0.2, 0) is 0 Å². The molecule has 3 aromatic carbocycles. The van der Waals surface area contributed by atoms with Gasteiger partial charge in [0.15, 0.2) is 0 Å². The number of nitrogens with zero attached hydrogens (tertiary/aromatic N) is 3. The van der Waals surface area contributed by atoms with E-state index in [2.05, 4.69) is 101 Å². The molecule has 0 aliphatic rings. The van der Waals surface area contributed by atoms with E-state index < -0.39 is 7.92 Å².